The number of nitrogens with one attached hydrogen (secondary N) is 1. The zero-order chi connectivity index (χ0) is 17.6. The normalized spacial score (nSPS) is 17.7. The number of fused-ring (bicyclic) bond motifs is 1. The van der Waals surface area contributed by atoms with Crippen LogP contribution in [0.15, 0.2) is 47.2 Å². The standard InChI is InChI=1S/C20H21NO3S/c1-14(24-19(22)10-9-15-11-12-25-13-15)20(23)21-18-8-4-6-16-5-2-3-7-17(16)18/h2-3,5,7,9-14,18H,4,6,8H2,1H3,(H,21,23)/b10-9+/t14-,18-/m1/s1. The summed E-state index contributed by atoms with van der Waals surface area (Å²) in [6.45, 7) is 1.60. The first-order chi connectivity index (χ1) is 12.1. The number of carbonyl (C=O) groups is 2. The molecule has 25 heavy (non-hydrogen) atoms. The number of amides is 1. The summed E-state index contributed by atoms with van der Waals surface area (Å²) in [7, 11) is 0. The van der Waals surface area contributed by atoms with Crippen LogP contribution in [0.1, 0.15) is 42.5 Å². The van der Waals surface area contributed by atoms with Crippen LogP contribution in [0.5, 0.6) is 0 Å². The Bertz CT molecular complexity index is 767. The molecule has 130 valence electrons. The van der Waals surface area contributed by atoms with Crippen molar-refractivity contribution >= 4 is 29.3 Å². The van der Waals surface area contributed by atoms with Crippen molar-refractivity contribution in [1.29, 1.82) is 0 Å². The van der Waals surface area contributed by atoms with Crippen molar-refractivity contribution in [3.05, 3.63) is 63.9 Å². The number of carbonyl (C=O) groups excluding carboxylic acids is 2. The number of ether oxygens (including phenoxy) is 1. The highest BCUT2D eigenvalue weighted by Gasteiger charge is 2.24. The van der Waals surface area contributed by atoms with Gasteiger partial charge in [-0.2, -0.15) is 11.3 Å². The average Bonchev–Trinajstić information content (AvgIpc) is 3.14. The van der Waals surface area contributed by atoms with E-state index in [1.807, 2.05) is 29.0 Å². The van der Waals surface area contributed by atoms with Crippen LogP contribution in [-0.2, 0) is 20.7 Å². The quantitative estimate of drug-likeness (QED) is 0.654. The molecular formula is C20H21NO3S. The molecule has 0 unspecified atom stereocenters. The number of aryl methyl sites for hydroxylation is 1. The van der Waals surface area contributed by atoms with Crippen molar-refractivity contribution < 1.29 is 14.3 Å². The third-order valence-electron chi connectivity index (χ3n) is 4.30. The number of hydrogen-bond acceptors (Lipinski definition) is 4. The van der Waals surface area contributed by atoms with Crippen LogP contribution in [0.2, 0.25) is 0 Å². The van der Waals surface area contributed by atoms with Gasteiger partial charge in [0.15, 0.2) is 6.10 Å². The molecule has 1 aliphatic carbocycles. The van der Waals surface area contributed by atoms with Crippen molar-refractivity contribution in [3.8, 4) is 0 Å². The lowest BCUT2D eigenvalue weighted by molar-refractivity contribution is -0.150. The molecule has 4 nitrogen and oxygen atoms in total. The van der Waals surface area contributed by atoms with Gasteiger partial charge in [-0.1, -0.05) is 24.3 Å². The first kappa shape index (κ1) is 17.4. The van der Waals surface area contributed by atoms with Crippen LogP contribution in [0, 0.1) is 0 Å². The van der Waals surface area contributed by atoms with Crippen LogP contribution >= 0.6 is 11.3 Å². The van der Waals surface area contributed by atoms with Crippen LogP contribution in [-0.4, -0.2) is 18.0 Å². The van der Waals surface area contributed by atoms with Crippen LogP contribution in [0.3, 0.4) is 0 Å². The largest absolute Gasteiger partial charge is 0.449 e. The number of benzene rings is 1. The molecule has 1 aromatic carbocycles. The fourth-order valence-corrected chi connectivity index (χ4v) is 3.62. The SMILES string of the molecule is C[C@@H](OC(=O)/C=C/c1ccsc1)C(=O)N[C@@H]1CCCc2ccccc21. The topological polar surface area (TPSA) is 55.4 Å². The number of thiophene rings is 1. The van der Waals surface area contributed by atoms with E-state index in [0.717, 1.165) is 30.4 Å². The third-order valence-corrected chi connectivity index (χ3v) is 5.00. The molecule has 0 spiro atoms. The average molecular weight is 355 g/mol. The van der Waals surface area contributed by atoms with E-state index in [0.29, 0.717) is 0 Å². The summed E-state index contributed by atoms with van der Waals surface area (Å²) >= 11 is 1.56. The molecule has 2 atom stereocenters. The van der Waals surface area contributed by atoms with E-state index in [4.69, 9.17) is 4.74 Å². The van der Waals surface area contributed by atoms with Crippen LogP contribution in [0.4, 0.5) is 0 Å². The molecule has 2 aromatic rings. The molecule has 0 saturated carbocycles. The maximum Gasteiger partial charge on any atom is 0.331 e. The molecule has 0 fully saturated rings. The Hall–Kier alpha value is -2.40. The number of esters is 1. The van der Waals surface area contributed by atoms with E-state index in [1.54, 1.807) is 24.3 Å². The Balaban J connectivity index is 1.55. The summed E-state index contributed by atoms with van der Waals surface area (Å²) in [6, 6.07) is 10.1. The molecule has 0 radical (unpaired) electrons. The van der Waals surface area contributed by atoms with Crippen molar-refractivity contribution in [1.82, 2.24) is 5.32 Å². The molecule has 0 bridgehead atoms. The first-order valence-electron chi connectivity index (χ1n) is 8.42. The summed E-state index contributed by atoms with van der Waals surface area (Å²) in [4.78, 5) is 24.2. The van der Waals surface area contributed by atoms with E-state index in [2.05, 4.69) is 17.4 Å². The highest BCUT2D eigenvalue weighted by Crippen LogP contribution is 2.29. The second-order valence-corrected chi connectivity index (χ2v) is 6.90. The predicted molar refractivity (Wildman–Crippen MR) is 99.2 cm³/mol. The van der Waals surface area contributed by atoms with Crippen LogP contribution < -0.4 is 5.32 Å². The third kappa shape index (κ3) is 4.57. The lowest BCUT2D eigenvalue weighted by atomic mass is 9.87. The number of rotatable bonds is 5. The molecule has 1 aromatic heterocycles. The molecule has 1 amide bonds. The second-order valence-electron chi connectivity index (χ2n) is 6.12. The van der Waals surface area contributed by atoms with Gasteiger partial charge >= 0.3 is 5.97 Å². The van der Waals surface area contributed by atoms with E-state index in [1.165, 1.54) is 11.6 Å². The monoisotopic (exact) mass is 355 g/mol. The van der Waals surface area contributed by atoms with E-state index in [-0.39, 0.29) is 11.9 Å². The summed E-state index contributed by atoms with van der Waals surface area (Å²) in [6.07, 6.45) is 5.19. The lowest BCUT2D eigenvalue weighted by Gasteiger charge is -2.27. The minimum atomic E-state index is -0.825. The fourth-order valence-electron chi connectivity index (χ4n) is 2.99. The fraction of sp³-hybridized carbons (Fsp3) is 0.300. The Morgan fingerprint density at radius 1 is 1.32 bits per heavy atom. The van der Waals surface area contributed by atoms with E-state index < -0.39 is 12.1 Å². The molecule has 0 saturated heterocycles. The Morgan fingerprint density at radius 2 is 2.16 bits per heavy atom. The molecular weight excluding hydrogens is 334 g/mol. The second kappa shape index (κ2) is 8.12. The Morgan fingerprint density at radius 3 is 2.96 bits per heavy atom. The highest BCUT2D eigenvalue weighted by atomic mass is 32.1. The number of hydrogen-bond donors (Lipinski definition) is 1. The first-order valence-corrected chi connectivity index (χ1v) is 9.37. The van der Waals surface area contributed by atoms with Crippen LogP contribution in [0.25, 0.3) is 6.08 Å². The minimum Gasteiger partial charge on any atom is -0.449 e. The Kier molecular flexibility index (Phi) is 5.66. The van der Waals surface area contributed by atoms with Gasteiger partial charge in [-0.05, 0) is 65.8 Å². The summed E-state index contributed by atoms with van der Waals surface area (Å²) in [5.41, 5.74) is 3.39. The predicted octanol–water partition coefficient (Wildman–Crippen LogP) is 3.89. The minimum absolute atomic E-state index is 0.0139. The van der Waals surface area contributed by atoms with Gasteiger partial charge in [0.25, 0.3) is 5.91 Å². The highest BCUT2D eigenvalue weighted by molar-refractivity contribution is 7.08. The van der Waals surface area contributed by atoms with Gasteiger partial charge in [-0.3, -0.25) is 4.79 Å². The molecule has 1 N–H and O–H groups in total. The van der Waals surface area contributed by atoms with Crippen molar-refractivity contribution in [2.45, 2.75) is 38.3 Å². The molecule has 5 heteroatoms. The summed E-state index contributed by atoms with van der Waals surface area (Å²) in [5.74, 6) is -0.781. The molecule has 1 heterocycles. The smallest absolute Gasteiger partial charge is 0.331 e. The summed E-state index contributed by atoms with van der Waals surface area (Å²) < 4.78 is 5.21. The maximum atomic E-state index is 12.4. The van der Waals surface area contributed by atoms with Crippen molar-refractivity contribution in [2.24, 2.45) is 0 Å². The van der Waals surface area contributed by atoms with E-state index >= 15 is 0 Å². The van der Waals surface area contributed by atoms with Crippen molar-refractivity contribution in [3.63, 3.8) is 0 Å². The van der Waals surface area contributed by atoms with Gasteiger partial charge in [-0.15, -0.1) is 0 Å². The lowest BCUT2D eigenvalue weighted by Crippen LogP contribution is -2.39. The maximum absolute atomic E-state index is 12.4. The van der Waals surface area contributed by atoms with Gasteiger partial charge in [0.2, 0.25) is 0 Å². The Labute approximate surface area is 151 Å². The zero-order valence-corrected chi connectivity index (χ0v) is 14.9. The molecule has 3 rings (SSSR count). The van der Waals surface area contributed by atoms with Gasteiger partial charge < -0.3 is 10.1 Å². The molecule has 0 aliphatic heterocycles. The molecule has 1 aliphatic rings. The van der Waals surface area contributed by atoms with Gasteiger partial charge in [0.05, 0.1) is 6.04 Å². The van der Waals surface area contributed by atoms with Gasteiger partial charge in [0.1, 0.15) is 0 Å². The summed E-state index contributed by atoms with van der Waals surface area (Å²) in [5, 5.41) is 6.88. The van der Waals surface area contributed by atoms with E-state index in [9.17, 15) is 9.59 Å². The van der Waals surface area contributed by atoms with Gasteiger partial charge in [-0.25, -0.2) is 4.79 Å². The van der Waals surface area contributed by atoms with Crippen molar-refractivity contribution in [2.75, 3.05) is 0 Å². The van der Waals surface area contributed by atoms with Gasteiger partial charge in [0, 0.05) is 6.08 Å². The zero-order valence-electron chi connectivity index (χ0n) is 14.1.